The number of nitrogens with zero attached hydrogens (tertiary/aromatic N) is 1. The zero-order valence-electron chi connectivity index (χ0n) is 29.3. The smallest absolute Gasteiger partial charge is 0.0429 e. The Bertz CT molecular complexity index is 1820. The van der Waals surface area contributed by atoms with Crippen LogP contribution in [0.1, 0.15) is 112 Å². The fraction of sp³-hybridized carbons (Fsp3) is 0.478. The van der Waals surface area contributed by atoms with Crippen molar-refractivity contribution in [1.82, 2.24) is 4.90 Å². The van der Waals surface area contributed by atoms with E-state index in [0.717, 1.165) is 0 Å². The summed E-state index contributed by atoms with van der Waals surface area (Å²) in [5.74, 6) is 3.06. The van der Waals surface area contributed by atoms with Crippen molar-refractivity contribution >= 4 is 27.0 Å². The Labute approximate surface area is 293 Å². The van der Waals surface area contributed by atoms with Gasteiger partial charge >= 0.3 is 0 Å². The van der Waals surface area contributed by atoms with Gasteiger partial charge in [-0.3, -0.25) is 4.90 Å². The SMILES string of the molecule is CC(C)(C)C1C=C(c2ccccc2)C(N2C3CCC=CC3C3CCc4sc5cc(C6CC=CCC6)ccc5c4C32)C(C2=CCCC=C2)C1. The van der Waals surface area contributed by atoms with E-state index in [1.54, 1.807) is 37.2 Å². The van der Waals surface area contributed by atoms with Gasteiger partial charge < -0.3 is 0 Å². The number of fused-ring (bicyclic) bond motifs is 7. The predicted octanol–water partition coefficient (Wildman–Crippen LogP) is 12.4. The van der Waals surface area contributed by atoms with Crippen molar-refractivity contribution in [1.29, 1.82) is 0 Å². The number of hydrogen-bond donors (Lipinski definition) is 0. The van der Waals surface area contributed by atoms with E-state index in [1.165, 1.54) is 69.8 Å². The van der Waals surface area contributed by atoms with Gasteiger partial charge in [-0.1, -0.05) is 112 Å². The average molecular weight is 652 g/mol. The minimum absolute atomic E-state index is 0.221. The highest BCUT2D eigenvalue weighted by Gasteiger charge is 2.56. The Morgan fingerprint density at radius 1 is 0.833 bits per heavy atom. The predicted molar refractivity (Wildman–Crippen MR) is 205 cm³/mol. The molecule has 248 valence electrons. The van der Waals surface area contributed by atoms with Crippen LogP contribution in [0.5, 0.6) is 0 Å². The van der Waals surface area contributed by atoms with Crippen LogP contribution in [0.4, 0.5) is 0 Å². The number of allylic oxidation sites excluding steroid dienone is 7. The van der Waals surface area contributed by atoms with Crippen LogP contribution in [0.3, 0.4) is 0 Å². The summed E-state index contributed by atoms with van der Waals surface area (Å²) in [5, 5.41) is 1.56. The molecular weight excluding hydrogens is 599 g/mol. The van der Waals surface area contributed by atoms with Crippen LogP contribution in [-0.2, 0) is 6.42 Å². The molecule has 1 aliphatic heterocycles. The van der Waals surface area contributed by atoms with Crippen molar-refractivity contribution in [3.05, 3.63) is 124 Å². The molecule has 6 aliphatic rings. The lowest BCUT2D eigenvalue weighted by Gasteiger charge is -2.50. The molecule has 0 N–H and O–H groups in total. The number of benzene rings is 2. The lowest BCUT2D eigenvalue weighted by atomic mass is 9.65. The van der Waals surface area contributed by atoms with E-state index in [0.29, 0.717) is 47.7 Å². The van der Waals surface area contributed by atoms with Gasteiger partial charge in [0.1, 0.15) is 0 Å². The summed E-state index contributed by atoms with van der Waals surface area (Å²) >= 11 is 2.14. The van der Waals surface area contributed by atoms with E-state index >= 15 is 0 Å². The van der Waals surface area contributed by atoms with E-state index in [1.807, 2.05) is 0 Å². The molecule has 1 aromatic heterocycles. The molecule has 48 heavy (non-hydrogen) atoms. The molecule has 8 atom stereocenters. The Morgan fingerprint density at radius 3 is 2.50 bits per heavy atom. The molecule has 1 nitrogen and oxygen atoms in total. The largest absolute Gasteiger partial charge is 0.285 e. The molecule has 1 saturated heterocycles. The summed E-state index contributed by atoms with van der Waals surface area (Å²) in [7, 11) is 0. The average Bonchev–Trinajstić information content (AvgIpc) is 3.67. The maximum Gasteiger partial charge on any atom is 0.0429 e. The first-order valence-electron chi connectivity index (χ1n) is 19.2. The highest BCUT2D eigenvalue weighted by atomic mass is 32.1. The molecule has 2 heteroatoms. The normalized spacial score (nSPS) is 33.2. The van der Waals surface area contributed by atoms with Gasteiger partial charge in [0.25, 0.3) is 0 Å². The van der Waals surface area contributed by atoms with Gasteiger partial charge in [0, 0.05) is 33.6 Å². The minimum atomic E-state index is 0.221. The number of likely N-dealkylation sites (tertiary alicyclic amines) is 1. The van der Waals surface area contributed by atoms with Crippen molar-refractivity contribution in [2.45, 2.75) is 109 Å². The van der Waals surface area contributed by atoms with Crippen molar-refractivity contribution in [2.24, 2.45) is 29.1 Å². The van der Waals surface area contributed by atoms with E-state index in [2.05, 4.69) is 134 Å². The van der Waals surface area contributed by atoms with Crippen LogP contribution in [0, 0.1) is 29.1 Å². The molecule has 0 bridgehead atoms. The van der Waals surface area contributed by atoms with Gasteiger partial charge in [0.15, 0.2) is 0 Å². The summed E-state index contributed by atoms with van der Waals surface area (Å²) < 4.78 is 1.54. The molecule has 8 unspecified atom stereocenters. The monoisotopic (exact) mass is 651 g/mol. The second-order valence-corrected chi connectivity index (χ2v) is 18.0. The minimum Gasteiger partial charge on any atom is -0.285 e. The number of rotatable bonds is 4. The Balaban J connectivity index is 1.23. The van der Waals surface area contributed by atoms with Crippen LogP contribution < -0.4 is 0 Å². The Hall–Kier alpha value is -2.94. The summed E-state index contributed by atoms with van der Waals surface area (Å²) in [6.45, 7) is 7.40. The molecule has 5 aliphatic carbocycles. The van der Waals surface area contributed by atoms with E-state index in [9.17, 15) is 0 Å². The van der Waals surface area contributed by atoms with Gasteiger partial charge in [-0.25, -0.2) is 0 Å². The van der Waals surface area contributed by atoms with Gasteiger partial charge in [0.2, 0.25) is 0 Å². The van der Waals surface area contributed by atoms with Gasteiger partial charge in [-0.05, 0) is 133 Å². The molecule has 3 aromatic rings. The van der Waals surface area contributed by atoms with Crippen molar-refractivity contribution < 1.29 is 0 Å². The second kappa shape index (κ2) is 12.4. The van der Waals surface area contributed by atoms with Crippen molar-refractivity contribution in [2.75, 3.05) is 0 Å². The molecule has 0 saturated carbocycles. The fourth-order valence-corrected chi connectivity index (χ4v) is 12.1. The topological polar surface area (TPSA) is 3.24 Å². The summed E-state index contributed by atoms with van der Waals surface area (Å²) in [6, 6.07) is 20.7. The quantitative estimate of drug-likeness (QED) is 0.254. The number of thiophene rings is 1. The highest BCUT2D eigenvalue weighted by Crippen LogP contribution is 2.60. The highest BCUT2D eigenvalue weighted by molar-refractivity contribution is 7.19. The Kier molecular flexibility index (Phi) is 8.05. The first-order valence-corrected chi connectivity index (χ1v) is 20.1. The third-order valence-corrected chi connectivity index (χ3v) is 14.4. The second-order valence-electron chi connectivity index (χ2n) is 16.9. The lowest BCUT2D eigenvalue weighted by molar-refractivity contribution is 0.0901. The summed E-state index contributed by atoms with van der Waals surface area (Å²) in [6.07, 6.45) is 32.7. The third-order valence-electron chi connectivity index (χ3n) is 13.2. The van der Waals surface area contributed by atoms with Gasteiger partial charge in [-0.15, -0.1) is 11.3 Å². The van der Waals surface area contributed by atoms with Crippen LogP contribution in [0.15, 0.2) is 103 Å². The van der Waals surface area contributed by atoms with Gasteiger partial charge in [0.05, 0.1) is 0 Å². The maximum absolute atomic E-state index is 3.18. The van der Waals surface area contributed by atoms with E-state index in [4.69, 9.17) is 0 Å². The van der Waals surface area contributed by atoms with Gasteiger partial charge in [-0.2, -0.15) is 0 Å². The standard InChI is InChI=1S/C46H53NS/c1-46(2,3)34-28-38(31-17-9-5-10-18-31)44(39(29-34)32-19-11-6-12-20-32)47-40-22-14-13-21-35(40)36-25-26-41-43(45(36)47)37-24-23-33(27-42(37)48-41)30-15-7-4-8-16-30/h4-5,7,9-11,13,17-21,23-24,27-28,30,34-36,39-40,44-45H,6,8,12,14-16,22,25-26,29H2,1-3H3. The molecule has 0 spiro atoms. The van der Waals surface area contributed by atoms with Crippen molar-refractivity contribution in [3.8, 4) is 0 Å². The zero-order chi connectivity index (χ0) is 32.4. The van der Waals surface area contributed by atoms with Crippen LogP contribution in [0.25, 0.3) is 15.7 Å². The molecule has 0 amide bonds. The van der Waals surface area contributed by atoms with Crippen LogP contribution >= 0.6 is 11.3 Å². The van der Waals surface area contributed by atoms with E-state index < -0.39 is 0 Å². The summed E-state index contributed by atoms with van der Waals surface area (Å²) in [5.41, 5.74) is 8.13. The number of hydrogen-bond acceptors (Lipinski definition) is 2. The van der Waals surface area contributed by atoms with Crippen LogP contribution in [-0.4, -0.2) is 17.0 Å². The van der Waals surface area contributed by atoms with Crippen LogP contribution in [0.2, 0.25) is 0 Å². The fourth-order valence-electron chi connectivity index (χ4n) is 10.8. The molecular formula is C46H53NS. The first-order chi connectivity index (χ1) is 23.5. The van der Waals surface area contributed by atoms with Crippen molar-refractivity contribution in [3.63, 3.8) is 0 Å². The number of aryl methyl sites for hydroxylation is 1. The maximum atomic E-state index is 3.18. The molecule has 0 radical (unpaired) electrons. The zero-order valence-corrected chi connectivity index (χ0v) is 30.1. The molecule has 9 rings (SSSR count). The van der Waals surface area contributed by atoms with E-state index in [-0.39, 0.29) is 5.41 Å². The lowest BCUT2D eigenvalue weighted by Crippen LogP contribution is -2.50. The third kappa shape index (κ3) is 5.28. The molecule has 1 fully saturated rings. The Morgan fingerprint density at radius 2 is 1.71 bits per heavy atom. The molecule has 2 heterocycles. The summed E-state index contributed by atoms with van der Waals surface area (Å²) in [4.78, 5) is 4.86. The first kappa shape index (κ1) is 31.1. The molecule has 2 aromatic carbocycles.